The summed E-state index contributed by atoms with van der Waals surface area (Å²) in [6.45, 7) is 0. The number of carboxylic acid groups (broad SMARTS) is 1. The molecule has 0 unspecified atom stereocenters. The summed E-state index contributed by atoms with van der Waals surface area (Å²) in [5.74, 6) is 2.26. The SMILES string of the molecule is COc1ccc(-c2cc(CSc3ncccc3O)c(-c3ccc(CC(=O)O)cc3)o2)cc1OC. The van der Waals surface area contributed by atoms with Crippen LogP contribution in [0.25, 0.3) is 22.6 Å². The number of furan rings is 1. The number of carboxylic acids is 1. The van der Waals surface area contributed by atoms with Gasteiger partial charge in [-0.15, -0.1) is 0 Å². The van der Waals surface area contributed by atoms with Crippen molar-refractivity contribution in [1.82, 2.24) is 4.98 Å². The van der Waals surface area contributed by atoms with E-state index in [1.54, 1.807) is 44.7 Å². The molecule has 0 atom stereocenters. The van der Waals surface area contributed by atoms with Gasteiger partial charge in [0, 0.05) is 28.6 Å². The number of nitrogens with zero attached hydrogens (tertiary/aromatic N) is 1. The molecule has 2 heterocycles. The largest absolute Gasteiger partial charge is 0.505 e. The summed E-state index contributed by atoms with van der Waals surface area (Å²) in [5.41, 5.74) is 3.25. The van der Waals surface area contributed by atoms with E-state index in [1.807, 2.05) is 36.4 Å². The molecule has 2 aromatic heterocycles. The lowest BCUT2D eigenvalue weighted by molar-refractivity contribution is -0.136. The number of benzene rings is 2. The first kappa shape index (κ1) is 23.3. The molecule has 0 saturated heterocycles. The fraction of sp³-hybridized carbons (Fsp3) is 0.154. The Morgan fingerprint density at radius 2 is 1.74 bits per heavy atom. The lowest BCUT2D eigenvalue weighted by Crippen LogP contribution is -1.99. The van der Waals surface area contributed by atoms with Crippen molar-refractivity contribution in [1.29, 1.82) is 0 Å². The highest BCUT2D eigenvalue weighted by atomic mass is 32.2. The van der Waals surface area contributed by atoms with Crippen LogP contribution >= 0.6 is 11.8 Å². The van der Waals surface area contributed by atoms with E-state index in [-0.39, 0.29) is 12.2 Å². The topological polar surface area (TPSA) is 102 Å². The maximum absolute atomic E-state index is 11.0. The first-order valence-electron chi connectivity index (χ1n) is 10.4. The molecule has 0 radical (unpaired) electrons. The Balaban J connectivity index is 1.71. The molecule has 174 valence electrons. The monoisotopic (exact) mass is 477 g/mol. The zero-order chi connectivity index (χ0) is 24.1. The molecule has 2 N–H and O–H groups in total. The van der Waals surface area contributed by atoms with Crippen molar-refractivity contribution >= 4 is 17.7 Å². The van der Waals surface area contributed by atoms with Crippen LogP contribution in [0.1, 0.15) is 11.1 Å². The molecule has 0 aliphatic carbocycles. The number of aromatic hydroxyl groups is 1. The third-order valence-corrected chi connectivity index (χ3v) is 6.21. The predicted octanol–water partition coefficient (Wildman–Crippen LogP) is 5.65. The Bertz CT molecular complexity index is 1300. The van der Waals surface area contributed by atoms with Crippen molar-refractivity contribution in [3.05, 3.63) is 78.0 Å². The molecular formula is C26H23NO6S. The highest BCUT2D eigenvalue weighted by Gasteiger charge is 2.17. The zero-order valence-electron chi connectivity index (χ0n) is 18.6. The Morgan fingerprint density at radius 1 is 1.00 bits per heavy atom. The minimum Gasteiger partial charge on any atom is -0.505 e. The van der Waals surface area contributed by atoms with Gasteiger partial charge in [-0.05, 0) is 42.0 Å². The summed E-state index contributed by atoms with van der Waals surface area (Å²) < 4.78 is 17.1. The smallest absolute Gasteiger partial charge is 0.307 e. The summed E-state index contributed by atoms with van der Waals surface area (Å²) in [4.78, 5) is 15.3. The Hall–Kier alpha value is -3.91. The summed E-state index contributed by atoms with van der Waals surface area (Å²) in [5, 5.41) is 19.7. The van der Waals surface area contributed by atoms with Gasteiger partial charge in [0.25, 0.3) is 0 Å². The van der Waals surface area contributed by atoms with Gasteiger partial charge in [0.05, 0.1) is 20.6 Å². The average molecular weight is 478 g/mol. The van der Waals surface area contributed by atoms with E-state index in [1.165, 1.54) is 11.8 Å². The second-order valence-corrected chi connectivity index (χ2v) is 8.38. The summed E-state index contributed by atoms with van der Waals surface area (Å²) in [6.07, 6.45) is 1.59. The first-order chi connectivity index (χ1) is 16.5. The molecule has 8 heteroatoms. The summed E-state index contributed by atoms with van der Waals surface area (Å²) in [7, 11) is 3.16. The molecule has 0 aliphatic heterocycles. The first-order valence-corrected chi connectivity index (χ1v) is 11.4. The van der Waals surface area contributed by atoms with Gasteiger partial charge in [-0.3, -0.25) is 4.79 Å². The third kappa shape index (κ3) is 5.18. The normalized spacial score (nSPS) is 10.8. The number of hydrogen-bond acceptors (Lipinski definition) is 7. The summed E-state index contributed by atoms with van der Waals surface area (Å²) >= 11 is 1.40. The molecule has 7 nitrogen and oxygen atoms in total. The molecule has 4 aromatic rings. The standard InChI is InChI=1S/C26H23NO6S/c1-31-21-10-9-18(13-23(21)32-2)22-14-19(15-34-26-20(28)4-3-11-27-26)25(33-22)17-7-5-16(6-8-17)12-24(29)30/h3-11,13-14,28H,12,15H2,1-2H3,(H,29,30). The number of carbonyl (C=O) groups is 1. The van der Waals surface area contributed by atoms with Crippen LogP contribution in [0.4, 0.5) is 0 Å². The average Bonchev–Trinajstić information content (AvgIpc) is 3.27. The van der Waals surface area contributed by atoms with Gasteiger partial charge in [0.2, 0.25) is 0 Å². The van der Waals surface area contributed by atoms with E-state index < -0.39 is 5.97 Å². The van der Waals surface area contributed by atoms with Crippen molar-refractivity contribution < 1.29 is 28.9 Å². The van der Waals surface area contributed by atoms with E-state index in [0.717, 1.165) is 16.7 Å². The van der Waals surface area contributed by atoms with Crippen molar-refractivity contribution in [2.75, 3.05) is 14.2 Å². The van der Waals surface area contributed by atoms with Gasteiger partial charge in [0.1, 0.15) is 22.3 Å². The van der Waals surface area contributed by atoms with Crippen LogP contribution in [0.2, 0.25) is 0 Å². The fourth-order valence-electron chi connectivity index (χ4n) is 3.50. The molecule has 0 spiro atoms. The van der Waals surface area contributed by atoms with Crippen LogP contribution in [0.3, 0.4) is 0 Å². The third-order valence-electron chi connectivity index (χ3n) is 5.16. The van der Waals surface area contributed by atoms with Crippen LogP contribution in [0, 0.1) is 0 Å². The van der Waals surface area contributed by atoms with Gasteiger partial charge in [0.15, 0.2) is 11.5 Å². The number of hydrogen-bond donors (Lipinski definition) is 2. The van der Waals surface area contributed by atoms with Crippen LogP contribution in [0.5, 0.6) is 17.2 Å². The molecule has 0 amide bonds. The predicted molar refractivity (Wildman–Crippen MR) is 129 cm³/mol. The van der Waals surface area contributed by atoms with E-state index >= 15 is 0 Å². The molecule has 0 bridgehead atoms. The quantitative estimate of drug-likeness (QED) is 0.298. The van der Waals surface area contributed by atoms with Crippen molar-refractivity contribution in [3.63, 3.8) is 0 Å². The van der Waals surface area contributed by atoms with Gasteiger partial charge < -0.3 is 24.1 Å². The van der Waals surface area contributed by atoms with Gasteiger partial charge in [-0.25, -0.2) is 4.98 Å². The van der Waals surface area contributed by atoms with E-state index in [0.29, 0.717) is 39.4 Å². The van der Waals surface area contributed by atoms with Crippen molar-refractivity contribution in [3.8, 4) is 39.9 Å². The molecule has 4 rings (SSSR count). The highest BCUT2D eigenvalue weighted by Crippen LogP contribution is 2.39. The molecule has 0 aliphatic rings. The molecular weight excluding hydrogens is 454 g/mol. The Kier molecular flexibility index (Phi) is 7.08. The van der Waals surface area contributed by atoms with E-state index in [2.05, 4.69) is 4.98 Å². The summed E-state index contributed by atoms with van der Waals surface area (Å²) in [6, 6.07) is 18.0. The van der Waals surface area contributed by atoms with Crippen LogP contribution < -0.4 is 9.47 Å². The van der Waals surface area contributed by atoms with Crippen molar-refractivity contribution in [2.24, 2.45) is 0 Å². The maximum Gasteiger partial charge on any atom is 0.307 e. The second kappa shape index (κ2) is 10.4. The Labute approximate surface area is 201 Å². The molecule has 0 fully saturated rings. The van der Waals surface area contributed by atoms with Gasteiger partial charge in [-0.2, -0.15) is 0 Å². The maximum atomic E-state index is 11.0. The van der Waals surface area contributed by atoms with Crippen LogP contribution in [-0.4, -0.2) is 35.4 Å². The number of rotatable bonds is 9. The minimum absolute atomic E-state index is 0.0447. The molecule has 2 aromatic carbocycles. The number of aliphatic carboxylic acids is 1. The molecule has 0 saturated carbocycles. The van der Waals surface area contributed by atoms with Crippen molar-refractivity contribution in [2.45, 2.75) is 17.2 Å². The Morgan fingerprint density at radius 3 is 2.41 bits per heavy atom. The lowest BCUT2D eigenvalue weighted by atomic mass is 10.1. The number of aromatic nitrogens is 1. The van der Waals surface area contributed by atoms with E-state index in [9.17, 15) is 9.90 Å². The van der Waals surface area contributed by atoms with Gasteiger partial charge >= 0.3 is 5.97 Å². The number of thioether (sulfide) groups is 1. The van der Waals surface area contributed by atoms with Gasteiger partial charge in [-0.1, -0.05) is 36.0 Å². The highest BCUT2D eigenvalue weighted by molar-refractivity contribution is 7.98. The number of methoxy groups -OCH3 is 2. The minimum atomic E-state index is -0.881. The zero-order valence-corrected chi connectivity index (χ0v) is 19.5. The van der Waals surface area contributed by atoms with E-state index in [4.69, 9.17) is 19.0 Å². The second-order valence-electron chi connectivity index (χ2n) is 7.42. The molecule has 34 heavy (non-hydrogen) atoms. The van der Waals surface area contributed by atoms with Crippen LogP contribution in [-0.2, 0) is 17.0 Å². The van der Waals surface area contributed by atoms with Crippen LogP contribution in [0.15, 0.2) is 76.3 Å². The lowest BCUT2D eigenvalue weighted by Gasteiger charge is -2.08. The number of ether oxygens (including phenoxy) is 2. The number of pyridine rings is 1. The fourth-order valence-corrected chi connectivity index (χ4v) is 4.36.